The first kappa shape index (κ1) is 61.5. The van der Waals surface area contributed by atoms with Crippen LogP contribution < -0.4 is 10.6 Å². The van der Waals surface area contributed by atoms with Crippen LogP contribution in [-0.2, 0) is 19.0 Å². The molecular formula is C53H104N2O10. The Morgan fingerprint density at radius 3 is 1.31 bits per heavy atom. The summed E-state index contributed by atoms with van der Waals surface area (Å²) in [4.78, 5) is 25.0. The van der Waals surface area contributed by atoms with E-state index in [4.69, 9.17) is 14.2 Å². The summed E-state index contributed by atoms with van der Waals surface area (Å²) in [6.45, 7) is 5.83. The summed E-state index contributed by atoms with van der Waals surface area (Å²) >= 11 is 0. The van der Waals surface area contributed by atoms with Crippen molar-refractivity contribution < 1.29 is 49.3 Å². The van der Waals surface area contributed by atoms with Gasteiger partial charge in [0.25, 0.3) is 0 Å². The maximum absolute atomic E-state index is 13.2. The van der Waals surface area contributed by atoms with Gasteiger partial charge in [-0.2, -0.15) is 0 Å². The number of amides is 2. The molecule has 0 spiro atoms. The molecule has 65 heavy (non-hydrogen) atoms. The van der Waals surface area contributed by atoms with Crippen molar-refractivity contribution in [3.8, 4) is 0 Å². The van der Waals surface area contributed by atoms with E-state index in [1.165, 1.54) is 173 Å². The smallest absolute Gasteiger partial charge is 0.407 e. The van der Waals surface area contributed by atoms with E-state index in [-0.39, 0.29) is 18.9 Å². The summed E-state index contributed by atoms with van der Waals surface area (Å²) in [6.07, 6.45) is 34.0. The monoisotopic (exact) mass is 929 g/mol. The average molecular weight is 929 g/mol. The lowest BCUT2D eigenvalue weighted by Gasteiger charge is -2.40. The van der Waals surface area contributed by atoms with Crippen molar-refractivity contribution in [1.82, 2.24) is 10.6 Å². The van der Waals surface area contributed by atoms with Gasteiger partial charge in [0.05, 0.1) is 18.8 Å². The molecule has 1 rings (SSSR count). The highest BCUT2D eigenvalue weighted by Gasteiger charge is 2.45. The van der Waals surface area contributed by atoms with Gasteiger partial charge in [-0.15, -0.1) is 0 Å². The summed E-state index contributed by atoms with van der Waals surface area (Å²) in [5.41, 5.74) is 0. The van der Waals surface area contributed by atoms with Gasteiger partial charge in [0.1, 0.15) is 37.1 Å². The Morgan fingerprint density at radius 2 is 0.908 bits per heavy atom. The second-order valence-electron chi connectivity index (χ2n) is 19.4. The third-order valence-electron chi connectivity index (χ3n) is 13.3. The van der Waals surface area contributed by atoms with Crippen LogP contribution in [0.15, 0.2) is 0 Å². The summed E-state index contributed by atoms with van der Waals surface area (Å²) in [5, 5.41) is 59.3. The summed E-state index contributed by atoms with van der Waals surface area (Å²) in [6, 6.07) is -1.02. The Hall–Kier alpha value is -1.54. The predicted octanol–water partition coefficient (Wildman–Crippen LogP) is 11.2. The normalized spacial score (nSPS) is 20.1. The van der Waals surface area contributed by atoms with E-state index in [0.717, 1.165) is 44.9 Å². The van der Waals surface area contributed by atoms with Gasteiger partial charge in [-0.05, 0) is 19.8 Å². The molecule has 0 saturated carbocycles. The number of carbonyl (C=O) groups excluding carboxylic acids is 2. The van der Waals surface area contributed by atoms with Crippen molar-refractivity contribution in [1.29, 1.82) is 0 Å². The standard InChI is InChI=1S/C53H104N2O10/c1-4-7-9-11-13-15-17-19-20-21-22-23-24-25-26-27-28-29-31-33-35-37-39-41-47(57)55-44(48(58)45(56)40-38-36-34-32-30-18-16-14-12-10-8-5-2)42-63-52-51(61)50(60)49(59)46(65-52)43-64-53(62)54-6-3/h44-46,48-52,56,58-61H,4-43H2,1-3H3,(H,54,62)(H,55,57)/t44?,45?,46-,48?,49+,50+,51-,52+/m1/s1. The lowest BCUT2D eigenvalue weighted by Crippen LogP contribution is -2.60. The van der Waals surface area contributed by atoms with Gasteiger partial charge >= 0.3 is 6.09 Å². The Kier molecular flexibility index (Phi) is 41.4. The van der Waals surface area contributed by atoms with Crippen LogP contribution in [0.1, 0.15) is 258 Å². The van der Waals surface area contributed by atoms with E-state index < -0.39 is 61.7 Å². The molecule has 2 amide bonds. The molecule has 1 heterocycles. The second-order valence-corrected chi connectivity index (χ2v) is 19.4. The molecule has 1 aliphatic rings. The van der Waals surface area contributed by atoms with Crippen LogP contribution >= 0.6 is 0 Å². The van der Waals surface area contributed by atoms with Crippen LogP contribution in [0.3, 0.4) is 0 Å². The first-order valence-electron chi connectivity index (χ1n) is 27.5. The Labute approximate surface area is 397 Å². The zero-order valence-electron chi connectivity index (χ0n) is 42.2. The zero-order chi connectivity index (χ0) is 47.6. The summed E-state index contributed by atoms with van der Waals surface area (Å²) in [7, 11) is 0. The highest BCUT2D eigenvalue weighted by Crippen LogP contribution is 2.24. The van der Waals surface area contributed by atoms with Gasteiger partial charge in [0.15, 0.2) is 6.29 Å². The first-order valence-corrected chi connectivity index (χ1v) is 27.5. The molecule has 7 N–H and O–H groups in total. The number of aliphatic hydroxyl groups is 5. The molecular weight excluding hydrogens is 825 g/mol. The Bertz CT molecular complexity index is 1070. The van der Waals surface area contributed by atoms with Crippen molar-refractivity contribution in [3.05, 3.63) is 0 Å². The van der Waals surface area contributed by atoms with E-state index in [2.05, 4.69) is 24.5 Å². The minimum atomic E-state index is -1.66. The van der Waals surface area contributed by atoms with Crippen LogP contribution in [-0.4, -0.2) is 106 Å². The first-order chi connectivity index (χ1) is 31.7. The van der Waals surface area contributed by atoms with Gasteiger partial charge in [-0.1, -0.05) is 232 Å². The van der Waals surface area contributed by atoms with Crippen LogP contribution in [0.4, 0.5) is 4.79 Å². The van der Waals surface area contributed by atoms with E-state index in [0.29, 0.717) is 19.4 Å². The fraction of sp³-hybridized carbons (Fsp3) is 0.962. The zero-order valence-corrected chi connectivity index (χ0v) is 42.2. The molecule has 1 aliphatic heterocycles. The summed E-state index contributed by atoms with van der Waals surface area (Å²) < 4.78 is 16.6. The number of hydrogen-bond donors (Lipinski definition) is 7. The molecule has 1 saturated heterocycles. The minimum absolute atomic E-state index is 0.268. The van der Waals surface area contributed by atoms with E-state index in [1.807, 2.05) is 0 Å². The topological polar surface area (TPSA) is 187 Å². The SMILES string of the molecule is CCCCCCCCCCCCCCCCCCCCCCCCCC(=O)NC(CO[C@H]1O[C@H](COC(=O)NCC)[C@H](O)[C@H](O)[C@H]1O)C(O)C(O)CCCCCCCCCCCCCC. The number of aliphatic hydroxyl groups excluding tert-OH is 5. The molecule has 0 aromatic rings. The van der Waals surface area contributed by atoms with Crippen LogP contribution in [0.2, 0.25) is 0 Å². The average Bonchev–Trinajstić information content (AvgIpc) is 3.30. The quantitative estimate of drug-likeness (QED) is 0.0290. The fourth-order valence-corrected chi connectivity index (χ4v) is 8.95. The summed E-state index contributed by atoms with van der Waals surface area (Å²) in [5.74, 6) is -0.271. The Balaban J connectivity index is 2.40. The van der Waals surface area contributed by atoms with Crippen molar-refractivity contribution in [2.75, 3.05) is 19.8 Å². The van der Waals surface area contributed by atoms with Gasteiger partial charge in [0.2, 0.25) is 5.91 Å². The minimum Gasteiger partial charge on any atom is -0.447 e. The highest BCUT2D eigenvalue weighted by atomic mass is 16.7. The van der Waals surface area contributed by atoms with E-state index >= 15 is 0 Å². The molecule has 8 atom stereocenters. The van der Waals surface area contributed by atoms with Gasteiger partial charge < -0.3 is 50.4 Å². The molecule has 12 nitrogen and oxygen atoms in total. The number of ether oxygens (including phenoxy) is 3. The van der Waals surface area contributed by atoms with Gasteiger partial charge in [-0.3, -0.25) is 4.79 Å². The third-order valence-corrected chi connectivity index (χ3v) is 13.3. The van der Waals surface area contributed by atoms with Crippen molar-refractivity contribution in [2.45, 2.75) is 307 Å². The fourth-order valence-electron chi connectivity index (χ4n) is 8.95. The molecule has 0 aliphatic carbocycles. The number of carbonyl (C=O) groups is 2. The largest absolute Gasteiger partial charge is 0.447 e. The molecule has 386 valence electrons. The van der Waals surface area contributed by atoms with E-state index in [1.54, 1.807) is 6.92 Å². The molecule has 12 heteroatoms. The van der Waals surface area contributed by atoms with Gasteiger partial charge in [0, 0.05) is 13.0 Å². The molecule has 0 radical (unpaired) electrons. The van der Waals surface area contributed by atoms with Gasteiger partial charge in [-0.25, -0.2) is 4.79 Å². The molecule has 1 fully saturated rings. The maximum Gasteiger partial charge on any atom is 0.407 e. The van der Waals surface area contributed by atoms with Crippen molar-refractivity contribution in [3.63, 3.8) is 0 Å². The third kappa shape index (κ3) is 33.6. The molecule has 0 bridgehead atoms. The Morgan fingerprint density at radius 1 is 0.523 bits per heavy atom. The van der Waals surface area contributed by atoms with Crippen LogP contribution in [0, 0.1) is 0 Å². The predicted molar refractivity (Wildman–Crippen MR) is 264 cm³/mol. The lowest BCUT2D eigenvalue weighted by atomic mass is 9.98. The molecule has 0 aromatic carbocycles. The molecule has 3 unspecified atom stereocenters. The van der Waals surface area contributed by atoms with Crippen molar-refractivity contribution in [2.24, 2.45) is 0 Å². The number of nitrogens with one attached hydrogen (secondary N) is 2. The highest BCUT2D eigenvalue weighted by molar-refractivity contribution is 5.76. The number of unbranched alkanes of at least 4 members (excludes halogenated alkanes) is 33. The lowest BCUT2D eigenvalue weighted by molar-refractivity contribution is -0.302. The number of rotatable bonds is 46. The maximum atomic E-state index is 13.2. The van der Waals surface area contributed by atoms with E-state index in [9.17, 15) is 35.1 Å². The number of hydrogen-bond acceptors (Lipinski definition) is 10. The second kappa shape index (κ2) is 43.7. The van der Waals surface area contributed by atoms with Crippen LogP contribution in [0.25, 0.3) is 0 Å². The van der Waals surface area contributed by atoms with Crippen LogP contribution in [0.5, 0.6) is 0 Å². The van der Waals surface area contributed by atoms with Crippen molar-refractivity contribution >= 4 is 12.0 Å². The number of alkyl carbamates (subject to hydrolysis) is 1. The molecule has 0 aromatic heterocycles.